The topological polar surface area (TPSA) is 68.0 Å². The zero-order chi connectivity index (χ0) is 14.1. The van der Waals surface area contributed by atoms with E-state index in [4.69, 9.17) is 5.73 Å². The first-order valence-electron chi connectivity index (χ1n) is 7.03. The third-order valence-electron chi connectivity index (χ3n) is 3.18. The Morgan fingerprint density at radius 3 is 2.84 bits per heavy atom. The summed E-state index contributed by atoms with van der Waals surface area (Å²) in [5, 5.41) is 5.95. The van der Waals surface area contributed by atoms with Crippen molar-refractivity contribution in [3.8, 4) is 0 Å². The van der Waals surface area contributed by atoms with Crippen LogP contribution in [0.5, 0.6) is 0 Å². The summed E-state index contributed by atoms with van der Waals surface area (Å²) in [4.78, 5) is 16.1. The number of nitrogens with two attached hydrogens (primary N) is 1. The predicted molar refractivity (Wildman–Crippen MR) is 80.0 cm³/mol. The molecule has 0 aliphatic carbocycles. The number of nitrogens with one attached hydrogen (secondary N) is 1. The quantitative estimate of drug-likeness (QED) is 0.732. The maximum atomic E-state index is 11.8. The van der Waals surface area contributed by atoms with Crippen LogP contribution in [-0.2, 0) is 11.3 Å². The Balaban J connectivity index is 2.22. The van der Waals surface area contributed by atoms with Crippen molar-refractivity contribution < 1.29 is 4.79 Å². The van der Waals surface area contributed by atoms with Crippen LogP contribution in [0.2, 0.25) is 0 Å². The van der Waals surface area contributed by atoms with Gasteiger partial charge in [-0.2, -0.15) is 0 Å². The molecule has 19 heavy (non-hydrogen) atoms. The van der Waals surface area contributed by atoms with Gasteiger partial charge in [-0.15, -0.1) is 11.3 Å². The van der Waals surface area contributed by atoms with E-state index in [0.717, 1.165) is 36.4 Å². The Labute approximate surface area is 119 Å². The Morgan fingerprint density at radius 2 is 2.26 bits per heavy atom. The molecule has 0 saturated heterocycles. The third-order valence-corrected chi connectivity index (χ3v) is 4.01. The van der Waals surface area contributed by atoms with Gasteiger partial charge in [0, 0.05) is 11.8 Å². The monoisotopic (exact) mass is 283 g/mol. The van der Waals surface area contributed by atoms with Crippen molar-refractivity contribution in [3.05, 3.63) is 16.1 Å². The molecule has 1 heterocycles. The van der Waals surface area contributed by atoms with Gasteiger partial charge in [-0.25, -0.2) is 4.98 Å². The van der Waals surface area contributed by atoms with Crippen LogP contribution in [0.3, 0.4) is 0 Å². The molecular weight excluding hydrogens is 258 g/mol. The van der Waals surface area contributed by atoms with Crippen molar-refractivity contribution >= 4 is 17.2 Å². The maximum absolute atomic E-state index is 11.8. The molecule has 0 aliphatic rings. The van der Waals surface area contributed by atoms with Gasteiger partial charge in [0.25, 0.3) is 0 Å². The van der Waals surface area contributed by atoms with Crippen LogP contribution in [-0.4, -0.2) is 17.4 Å². The molecule has 4 nitrogen and oxygen atoms in total. The highest BCUT2D eigenvalue weighted by molar-refractivity contribution is 7.09. The maximum Gasteiger partial charge on any atom is 0.220 e. The first-order valence-corrected chi connectivity index (χ1v) is 7.91. The molecule has 108 valence electrons. The molecule has 0 radical (unpaired) electrons. The van der Waals surface area contributed by atoms with Crippen LogP contribution in [0.25, 0.3) is 0 Å². The molecule has 5 heteroatoms. The molecule has 0 aromatic carbocycles. The smallest absolute Gasteiger partial charge is 0.220 e. The number of carbonyl (C=O) groups is 1. The fourth-order valence-corrected chi connectivity index (χ4v) is 2.79. The van der Waals surface area contributed by atoms with Gasteiger partial charge in [0.05, 0.1) is 17.2 Å². The van der Waals surface area contributed by atoms with Crippen LogP contribution in [0.15, 0.2) is 5.38 Å². The van der Waals surface area contributed by atoms with Crippen LogP contribution in [0, 0.1) is 12.8 Å². The molecule has 1 atom stereocenters. The van der Waals surface area contributed by atoms with Crippen molar-refractivity contribution in [2.45, 2.75) is 52.5 Å². The van der Waals surface area contributed by atoms with Crippen molar-refractivity contribution in [2.24, 2.45) is 11.7 Å². The van der Waals surface area contributed by atoms with E-state index in [0.29, 0.717) is 25.4 Å². The highest BCUT2D eigenvalue weighted by atomic mass is 32.1. The summed E-state index contributed by atoms with van der Waals surface area (Å²) in [6.07, 6.45) is 4.87. The van der Waals surface area contributed by atoms with E-state index in [-0.39, 0.29) is 5.91 Å². The molecule has 0 fully saturated rings. The van der Waals surface area contributed by atoms with Crippen molar-refractivity contribution in [2.75, 3.05) is 6.54 Å². The van der Waals surface area contributed by atoms with Gasteiger partial charge < -0.3 is 11.1 Å². The van der Waals surface area contributed by atoms with E-state index in [9.17, 15) is 4.79 Å². The fraction of sp³-hybridized carbons (Fsp3) is 0.714. The molecule has 0 spiro atoms. The molecule has 1 aromatic rings. The molecule has 1 rings (SSSR count). The second kappa shape index (κ2) is 9.04. The van der Waals surface area contributed by atoms with Crippen LogP contribution in [0.1, 0.15) is 49.7 Å². The van der Waals surface area contributed by atoms with Gasteiger partial charge in [-0.3, -0.25) is 4.79 Å². The number of amides is 1. The van der Waals surface area contributed by atoms with Gasteiger partial charge in [0.15, 0.2) is 0 Å². The molecular formula is C14H25N3OS. The lowest BCUT2D eigenvalue weighted by Crippen LogP contribution is -2.23. The SMILES string of the molecule is CCCC(CCN)CCC(=O)NCc1csc(C)n1. The zero-order valence-corrected chi connectivity index (χ0v) is 12.8. The average molecular weight is 283 g/mol. The molecule has 1 amide bonds. The van der Waals surface area contributed by atoms with Crippen LogP contribution < -0.4 is 11.1 Å². The summed E-state index contributed by atoms with van der Waals surface area (Å²) in [6.45, 7) is 5.40. The Kier molecular flexibility index (Phi) is 7.67. The summed E-state index contributed by atoms with van der Waals surface area (Å²) >= 11 is 1.61. The number of hydrogen-bond donors (Lipinski definition) is 2. The van der Waals surface area contributed by atoms with E-state index >= 15 is 0 Å². The molecule has 3 N–H and O–H groups in total. The van der Waals surface area contributed by atoms with Crippen LogP contribution in [0.4, 0.5) is 0 Å². The number of hydrogen-bond acceptors (Lipinski definition) is 4. The van der Waals surface area contributed by atoms with Gasteiger partial charge >= 0.3 is 0 Å². The van der Waals surface area contributed by atoms with E-state index in [1.54, 1.807) is 11.3 Å². The predicted octanol–water partition coefficient (Wildman–Crippen LogP) is 2.61. The van der Waals surface area contributed by atoms with Gasteiger partial charge in [-0.1, -0.05) is 19.8 Å². The minimum Gasteiger partial charge on any atom is -0.350 e. The summed E-state index contributed by atoms with van der Waals surface area (Å²) in [7, 11) is 0. The number of aromatic nitrogens is 1. The molecule has 0 saturated carbocycles. The summed E-state index contributed by atoms with van der Waals surface area (Å²) in [5.74, 6) is 0.700. The van der Waals surface area contributed by atoms with Crippen molar-refractivity contribution in [1.82, 2.24) is 10.3 Å². The number of thiazole rings is 1. The lowest BCUT2D eigenvalue weighted by molar-refractivity contribution is -0.121. The van der Waals surface area contributed by atoms with Gasteiger partial charge in [0.2, 0.25) is 5.91 Å². The minimum atomic E-state index is 0.115. The average Bonchev–Trinajstić information content (AvgIpc) is 2.80. The van der Waals surface area contributed by atoms with Crippen LogP contribution >= 0.6 is 11.3 Å². The zero-order valence-electron chi connectivity index (χ0n) is 11.9. The highest BCUT2D eigenvalue weighted by Crippen LogP contribution is 2.16. The largest absolute Gasteiger partial charge is 0.350 e. The number of aryl methyl sites for hydroxylation is 1. The van der Waals surface area contributed by atoms with Crippen molar-refractivity contribution in [3.63, 3.8) is 0 Å². The molecule has 1 unspecified atom stereocenters. The lowest BCUT2D eigenvalue weighted by Gasteiger charge is -2.14. The summed E-state index contributed by atoms with van der Waals surface area (Å²) in [6, 6.07) is 0. The third kappa shape index (κ3) is 6.68. The first-order chi connectivity index (χ1) is 9.15. The Morgan fingerprint density at radius 1 is 1.47 bits per heavy atom. The molecule has 1 aromatic heterocycles. The van der Waals surface area contributed by atoms with E-state index in [1.807, 2.05) is 12.3 Å². The minimum absolute atomic E-state index is 0.115. The Bertz CT molecular complexity index is 373. The lowest BCUT2D eigenvalue weighted by atomic mass is 9.94. The number of carbonyl (C=O) groups excluding carboxylic acids is 1. The van der Waals surface area contributed by atoms with Gasteiger partial charge in [-0.05, 0) is 32.2 Å². The fourth-order valence-electron chi connectivity index (χ4n) is 2.18. The van der Waals surface area contributed by atoms with E-state index < -0.39 is 0 Å². The Hall–Kier alpha value is -0.940. The molecule has 0 aliphatic heterocycles. The second-order valence-corrected chi connectivity index (χ2v) is 5.97. The van der Waals surface area contributed by atoms with E-state index in [2.05, 4.69) is 17.2 Å². The summed E-state index contributed by atoms with van der Waals surface area (Å²) in [5.41, 5.74) is 6.54. The second-order valence-electron chi connectivity index (χ2n) is 4.91. The first kappa shape index (κ1) is 16.1. The standard InChI is InChI=1S/C14H25N3OS/c1-3-4-12(7-8-15)5-6-14(18)16-9-13-10-19-11(2)17-13/h10,12H,3-9,15H2,1-2H3,(H,16,18). The van der Waals surface area contributed by atoms with Gasteiger partial charge in [0.1, 0.15) is 0 Å². The van der Waals surface area contributed by atoms with Crippen molar-refractivity contribution in [1.29, 1.82) is 0 Å². The molecule has 0 bridgehead atoms. The number of nitrogens with zero attached hydrogens (tertiary/aromatic N) is 1. The number of rotatable bonds is 9. The van der Waals surface area contributed by atoms with E-state index in [1.165, 1.54) is 0 Å². The summed E-state index contributed by atoms with van der Waals surface area (Å²) < 4.78 is 0. The highest BCUT2D eigenvalue weighted by Gasteiger charge is 2.10. The normalized spacial score (nSPS) is 12.4.